The van der Waals surface area contributed by atoms with Crippen molar-refractivity contribution in [2.24, 2.45) is 0 Å². The number of carbonyl (C=O) groups excluding carboxylic acids is 1. The van der Waals surface area contributed by atoms with Crippen LogP contribution >= 0.6 is 0 Å². The molecule has 0 aromatic heterocycles. The van der Waals surface area contributed by atoms with E-state index in [1.54, 1.807) is 18.9 Å². The molecule has 1 unspecified atom stereocenters. The monoisotopic (exact) mass is 157 g/mol. The molecule has 0 spiro atoms. The minimum absolute atomic E-state index is 0.0289. The molecule has 0 radical (unpaired) electrons. The first-order valence-corrected chi connectivity index (χ1v) is 4.07. The lowest BCUT2D eigenvalue weighted by molar-refractivity contribution is -0.144. The summed E-state index contributed by atoms with van der Waals surface area (Å²) in [5, 5.41) is 0. The summed E-state index contributed by atoms with van der Waals surface area (Å²) >= 11 is 0. The zero-order valence-corrected chi connectivity index (χ0v) is 7.17. The maximum absolute atomic E-state index is 10.9. The third-order valence-electron chi connectivity index (χ3n) is 2.08. The maximum Gasteiger partial charge on any atom is 0.221 e. The summed E-state index contributed by atoms with van der Waals surface area (Å²) in [7, 11) is 1.79. The molecule has 11 heavy (non-hydrogen) atoms. The molecular weight excluding hydrogens is 142 g/mol. The standard InChI is InChI=1S/C8H15NO2/c1-7(10)9(2)8-5-3-4-6-11-8/h8H,3-6H2,1-2H3. The quantitative estimate of drug-likeness (QED) is 0.568. The van der Waals surface area contributed by atoms with Crippen LogP contribution in [0.15, 0.2) is 0 Å². The molecule has 1 saturated heterocycles. The second kappa shape index (κ2) is 3.72. The summed E-state index contributed by atoms with van der Waals surface area (Å²) in [5.74, 6) is 0.0805. The smallest absolute Gasteiger partial charge is 0.221 e. The van der Waals surface area contributed by atoms with Crippen LogP contribution in [0.3, 0.4) is 0 Å². The third-order valence-corrected chi connectivity index (χ3v) is 2.08. The van der Waals surface area contributed by atoms with Gasteiger partial charge in [0.2, 0.25) is 5.91 Å². The first-order chi connectivity index (χ1) is 5.22. The van der Waals surface area contributed by atoms with Gasteiger partial charge in [-0.3, -0.25) is 4.79 Å². The van der Waals surface area contributed by atoms with Gasteiger partial charge >= 0.3 is 0 Å². The van der Waals surface area contributed by atoms with Crippen molar-refractivity contribution in [3.8, 4) is 0 Å². The Morgan fingerprint density at radius 1 is 1.55 bits per heavy atom. The predicted molar refractivity (Wildman–Crippen MR) is 42.0 cm³/mol. The Balaban J connectivity index is 2.38. The second-order valence-electron chi connectivity index (χ2n) is 2.95. The first-order valence-electron chi connectivity index (χ1n) is 4.07. The number of ether oxygens (including phenoxy) is 1. The number of amides is 1. The summed E-state index contributed by atoms with van der Waals surface area (Å²) in [6.07, 6.45) is 3.31. The van der Waals surface area contributed by atoms with Crippen LogP contribution in [0.2, 0.25) is 0 Å². The second-order valence-corrected chi connectivity index (χ2v) is 2.95. The van der Waals surface area contributed by atoms with Gasteiger partial charge in [-0.05, 0) is 19.3 Å². The zero-order chi connectivity index (χ0) is 8.27. The molecule has 1 rings (SSSR count). The van der Waals surface area contributed by atoms with Crippen molar-refractivity contribution in [1.29, 1.82) is 0 Å². The van der Waals surface area contributed by atoms with Crippen molar-refractivity contribution in [3.63, 3.8) is 0 Å². The highest BCUT2D eigenvalue weighted by molar-refractivity contribution is 5.73. The molecule has 1 fully saturated rings. The van der Waals surface area contributed by atoms with Crippen LogP contribution < -0.4 is 0 Å². The van der Waals surface area contributed by atoms with Crippen molar-refractivity contribution in [1.82, 2.24) is 4.90 Å². The first kappa shape index (κ1) is 8.53. The van der Waals surface area contributed by atoms with Gasteiger partial charge in [0.1, 0.15) is 6.23 Å². The van der Waals surface area contributed by atoms with Crippen molar-refractivity contribution in [3.05, 3.63) is 0 Å². The summed E-state index contributed by atoms with van der Waals surface area (Å²) in [6, 6.07) is 0. The SMILES string of the molecule is CC(=O)N(C)C1CCCCO1. The highest BCUT2D eigenvalue weighted by Crippen LogP contribution is 2.14. The van der Waals surface area contributed by atoms with Crippen LogP contribution in [0, 0.1) is 0 Å². The molecule has 0 aromatic rings. The summed E-state index contributed by atoms with van der Waals surface area (Å²) in [5.41, 5.74) is 0. The molecule has 3 heteroatoms. The van der Waals surface area contributed by atoms with E-state index >= 15 is 0 Å². The topological polar surface area (TPSA) is 29.5 Å². The van der Waals surface area contributed by atoms with E-state index in [0.717, 1.165) is 19.4 Å². The average molecular weight is 157 g/mol. The van der Waals surface area contributed by atoms with E-state index in [2.05, 4.69) is 0 Å². The number of hydrogen-bond acceptors (Lipinski definition) is 2. The molecule has 1 atom stereocenters. The molecule has 1 aliphatic heterocycles. The van der Waals surface area contributed by atoms with Gasteiger partial charge in [0.25, 0.3) is 0 Å². The Kier molecular flexibility index (Phi) is 2.88. The molecule has 64 valence electrons. The number of nitrogens with zero attached hydrogens (tertiary/aromatic N) is 1. The maximum atomic E-state index is 10.9. The van der Waals surface area contributed by atoms with Gasteiger partial charge in [-0.25, -0.2) is 0 Å². The fourth-order valence-electron chi connectivity index (χ4n) is 1.23. The Morgan fingerprint density at radius 2 is 2.27 bits per heavy atom. The van der Waals surface area contributed by atoms with E-state index < -0.39 is 0 Å². The lowest BCUT2D eigenvalue weighted by Gasteiger charge is -2.30. The molecule has 1 aliphatic rings. The van der Waals surface area contributed by atoms with E-state index in [9.17, 15) is 4.79 Å². The largest absolute Gasteiger partial charge is 0.358 e. The molecule has 1 heterocycles. The number of hydrogen-bond donors (Lipinski definition) is 0. The van der Waals surface area contributed by atoms with Gasteiger partial charge in [-0.2, -0.15) is 0 Å². The van der Waals surface area contributed by atoms with Gasteiger partial charge in [-0.1, -0.05) is 0 Å². The highest BCUT2D eigenvalue weighted by atomic mass is 16.5. The van der Waals surface area contributed by atoms with Crippen LogP contribution in [0.5, 0.6) is 0 Å². The zero-order valence-electron chi connectivity index (χ0n) is 7.17. The average Bonchev–Trinajstić information content (AvgIpc) is 2.05. The molecule has 0 aliphatic carbocycles. The summed E-state index contributed by atoms with van der Waals surface area (Å²) in [6.45, 7) is 2.36. The Hall–Kier alpha value is -0.570. The molecule has 0 saturated carbocycles. The minimum atomic E-state index is 0.0289. The fourth-order valence-corrected chi connectivity index (χ4v) is 1.23. The molecule has 0 bridgehead atoms. The van der Waals surface area contributed by atoms with Gasteiger partial charge in [0, 0.05) is 20.6 Å². The number of carbonyl (C=O) groups is 1. The Morgan fingerprint density at radius 3 is 2.73 bits per heavy atom. The van der Waals surface area contributed by atoms with Crippen molar-refractivity contribution in [2.45, 2.75) is 32.4 Å². The van der Waals surface area contributed by atoms with E-state index in [4.69, 9.17) is 4.74 Å². The fraction of sp³-hybridized carbons (Fsp3) is 0.875. The predicted octanol–water partition coefficient (Wildman–Crippen LogP) is 0.991. The van der Waals surface area contributed by atoms with Gasteiger partial charge in [0.15, 0.2) is 0 Å². The van der Waals surface area contributed by atoms with Crippen LogP contribution in [0.1, 0.15) is 26.2 Å². The molecule has 1 amide bonds. The van der Waals surface area contributed by atoms with E-state index in [1.807, 2.05) is 0 Å². The molecule has 3 nitrogen and oxygen atoms in total. The lowest BCUT2D eigenvalue weighted by Crippen LogP contribution is -2.39. The van der Waals surface area contributed by atoms with Crippen LogP contribution in [-0.4, -0.2) is 30.7 Å². The molecular formula is C8H15NO2. The molecule has 0 aromatic carbocycles. The van der Waals surface area contributed by atoms with Crippen molar-refractivity contribution >= 4 is 5.91 Å². The Bertz CT molecular complexity index is 141. The van der Waals surface area contributed by atoms with Crippen molar-refractivity contribution in [2.75, 3.05) is 13.7 Å². The van der Waals surface area contributed by atoms with Crippen LogP contribution in [-0.2, 0) is 9.53 Å². The van der Waals surface area contributed by atoms with E-state index in [0.29, 0.717) is 0 Å². The van der Waals surface area contributed by atoms with Crippen molar-refractivity contribution < 1.29 is 9.53 Å². The summed E-state index contributed by atoms with van der Waals surface area (Å²) in [4.78, 5) is 12.6. The third kappa shape index (κ3) is 2.19. The van der Waals surface area contributed by atoms with Crippen LogP contribution in [0.25, 0.3) is 0 Å². The minimum Gasteiger partial charge on any atom is -0.358 e. The normalized spacial score (nSPS) is 24.7. The van der Waals surface area contributed by atoms with Gasteiger partial charge in [0.05, 0.1) is 0 Å². The van der Waals surface area contributed by atoms with Gasteiger partial charge in [-0.15, -0.1) is 0 Å². The van der Waals surface area contributed by atoms with E-state index in [-0.39, 0.29) is 12.1 Å². The lowest BCUT2D eigenvalue weighted by atomic mass is 10.2. The van der Waals surface area contributed by atoms with Crippen LogP contribution in [0.4, 0.5) is 0 Å². The molecule has 0 N–H and O–H groups in total. The highest BCUT2D eigenvalue weighted by Gasteiger charge is 2.19. The number of rotatable bonds is 1. The Labute approximate surface area is 67.3 Å². The summed E-state index contributed by atoms with van der Waals surface area (Å²) < 4.78 is 5.41. The van der Waals surface area contributed by atoms with E-state index in [1.165, 1.54) is 6.42 Å². The van der Waals surface area contributed by atoms with Gasteiger partial charge < -0.3 is 9.64 Å².